The molecule has 0 radical (unpaired) electrons. The average Bonchev–Trinajstić information content (AvgIpc) is 2.62. The Kier molecular flexibility index (Phi) is 3.27. The van der Waals surface area contributed by atoms with E-state index in [2.05, 4.69) is 27.7 Å². The van der Waals surface area contributed by atoms with Crippen molar-refractivity contribution in [2.75, 3.05) is 13.3 Å². The zero-order valence-corrected chi connectivity index (χ0v) is 13.1. The summed E-state index contributed by atoms with van der Waals surface area (Å²) in [7, 11) is -2.07. The molecular formula is C15H22NOP. The summed E-state index contributed by atoms with van der Waals surface area (Å²) in [5, 5.41) is 0. The first-order valence-corrected chi connectivity index (χ1v) is 9.19. The molecule has 1 aliphatic rings. The number of hydrogen-bond donors (Lipinski definition) is 0. The number of fused-ring (bicyclic) bond motifs is 1. The Balaban J connectivity index is 2.69. The lowest BCUT2D eigenvalue weighted by molar-refractivity contribution is 0.581. The third-order valence-corrected chi connectivity index (χ3v) is 4.95. The van der Waals surface area contributed by atoms with Gasteiger partial charge in [-0.05, 0) is 68.8 Å². The lowest BCUT2D eigenvalue weighted by atomic mass is 9.92. The molecule has 0 saturated carbocycles. The van der Waals surface area contributed by atoms with Crippen LogP contribution < -0.4 is 0 Å². The number of hydrogen-bond acceptors (Lipinski definition) is 2. The largest absolute Gasteiger partial charge is 0.324 e. The molecule has 1 aliphatic heterocycles. The molecule has 1 heterocycles. The highest BCUT2D eigenvalue weighted by atomic mass is 31.2. The minimum atomic E-state index is -2.07. The molecule has 0 aliphatic carbocycles. The molecule has 0 atom stereocenters. The van der Waals surface area contributed by atoms with Gasteiger partial charge in [0.2, 0.25) is 0 Å². The molecule has 18 heavy (non-hydrogen) atoms. The van der Waals surface area contributed by atoms with Crippen molar-refractivity contribution in [2.45, 2.75) is 40.3 Å². The Hall–Kier alpha value is -0.880. The number of rotatable bonds is 2. The fraction of sp³-hybridized carbons (Fsp3) is 0.533. The van der Waals surface area contributed by atoms with Crippen molar-refractivity contribution in [3.63, 3.8) is 0 Å². The van der Waals surface area contributed by atoms with E-state index in [1.54, 1.807) is 0 Å². The summed E-state index contributed by atoms with van der Waals surface area (Å²) in [6, 6.07) is 0. The zero-order valence-electron chi connectivity index (χ0n) is 12.2. The van der Waals surface area contributed by atoms with Gasteiger partial charge in [-0.25, -0.2) is 0 Å². The molecule has 1 aromatic rings. The molecule has 0 fully saturated rings. The lowest BCUT2D eigenvalue weighted by Gasteiger charge is -2.18. The summed E-state index contributed by atoms with van der Waals surface area (Å²) in [5.74, 6) is 0. The summed E-state index contributed by atoms with van der Waals surface area (Å²) in [6.45, 7) is 12.3. The van der Waals surface area contributed by atoms with Gasteiger partial charge in [0.05, 0.1) is 12.8 Å². The smallest absolute Gasteiger partial charge is 0.0861 e. The zero-order chi connectivity index (χ0) is 13.7. The maximum Gasteiger partial charge on any atom is 0.0861 e. The molecule has 0 N–H and O–H groups in total. The Morgan fingerprint density at radius 3 is 2.22 bits per heavy atom. The van der Waals surface area contributed by atoms with Gasteiger partial charge in [-0.2, -0.15) is 0 Å². The van der Waals surface area contributed by atoms with Crippen LogP contribution in [-0.4, -0.2) is 19.0 Å². The number of nitrogens with zero attached hydrogens (tertiary/aromatic N) is 1. The molecular weight excluding hydrogens is 241 g/mol. The predicted octanol–water partition coefficient (Wildman–Crippen LogP) is 4.38. The highest BCUT2D eigenvalue weighted by molar-refractivity contribution is 7.61. The lowest BCUT2D eigenvalue weighted by Crippen LogP contribution is -2.01. The second kappa shape index (κ2) is 4.35. The van der Waals surface area contributed by atoms with Gasteiger partial charge in [-0.15, -0.1) is 0 Å². The van der Waals surface area contributed by atoms with Gasteiger partial charge in [-0.1, -0.05) is 0 Å². The van der Waals surface area contributed by atoms with Gasteiger partial charge in [0.25, 0.3) is 0 Å². The first-order chi connectivity index (χ1) is 8.20. The van der Waals surface area contributed by atoms with Crippen molar-refractivity contribution in [3.05, 3.63) is 27.8 Å². The third-order valence-electron chi connectivity index (χ3n) is 3.88. The Bertz CT molecular complexity index is 593. The minimum absolute atomic E-state index is 0.666. The second-order valence-corrected chi connectivity index (χ2v) is 9.40. The summed E-state index contributed by atoms with van der Waals surface area (Å²) < 4.78 is 12.2. The van der Waals surface area contributed by atoms with Crippen LogP contribution in [-0.2, 0) is 17.1 Å². The molecule has 2 rings (SSSR count). The number of aliphatic imine (C=N–C) groups is 1. The fourth-order valence-electron chi connectivity index (χ4n) is 2.68. The molecule has 0 aromatic heterocycles. The van der Waals surface area contributed by atoms with Crippen LogP contribution in [0.5, 0.6) is 0 Å². The van der Waals surface area contributed by atoms with Gasteiger partial charge in [-0.3, -0.25) is 4.99 Å². The van der Waals surface area contributed by atoms with Crippen LogP contribution in [0.2, 0.25) is 0 Å². The first kappa shape index (κ1) is 13.5. The van der Waals surface area contributed by atoms with Crippen LogP contribution in [0.1, 0.15) is 34.7 Å². The van der Waals surface area contributed by atoms with Crippen molar-refractivity contribution in [1.82, 2.24) is 0 Å². The molecule has 1 aromatic carbocycles. The SMILES string of the molecule is CC1=Nc2c(c(C)c(C)c(C)c2CP(C)(C)=O)C1. The highest BCUT2D eigenvalue weighted by Crippen LogP contribution is 2.47. The second-order valence-electron chi connectivity index (χ2n) is 5.94. The van der Waals surface area contributed by atoms with E-state index in [1.807, 2.05) is 13.3 Å². The summed E-state index contributed by atoms with van der Waals surface area (Å²) in [6.07, 6.45) is 1.62. The average molecular weight is 263 g/mol. The summed E-state index contributed by atoms with van der Waals surface area (Å²) >= 11 is 0. The van der Waals surface area contributed by atoms with Gasteiger partial charge in [0.1, 0.15) is 0 Å². The first-order valence-electron chi connectivity index (χ1n) is 6.40. The van der Waals surface area contributed by atoms with E-state index in [0.717, 1.165) is 12.1 Å². The van der Waals surface area contributed by atoms with E-state index in [4.69, 9.17) is 4.99 Å². The van der Waals surface area contributed by atoms with Gasteiger partial charge in [0.15, 0.2) is 0 Å². The molecule has 0 bridgehead atoms. The van der Waals surface area contributed by atoms with Crippen LogP contribution in [0.25, 0.3) is 0 Å². The summed E-state index contributed by atoms with van der Waals surface area (Å²) in [5.41, 5.74) is 8.79. The van der Waals surface area contributed by atoms with Crippen molar-refractivity contribution < 1.29 is 4.57 Å². The minimum Gasteiger partial charge on any atom is -0.324 e. The van der Waals surface area contributed by atoms with Crippen LogP contribution in [0.15, 0.2) is 4.99 Å². The van der Waals surface area contributed by atoms with Crippen LogP contribution in [0.4, 0.5) is 5.69 Å². The van der Waals surface area contributed by atoms with E-state index >= 15 is 0 Å². The van der Waals surface area contributed by atoms with Gasteiger partial charge < -0.3 is 4.57 Å². The molecule has 3 heteroatoms. The van der Waals surface area contributed by atoms with E-state index in [9.17, 15) is 4.57 Å². The standard InChI is InChI=1S/C15H22NOP/c1-9-7-13-11(3)10(2)12(4)14(15(13)16-9)8-18(5,6)17/h7-8H2,1-6H3. The van der Waals surface area contributed by atoms with Crippen molar-refractivity contribution >= 4 is 18.5 Å². The van der Waals surface area contributed by atoms with E-state index < -0.39 is 7.14 Å². The molecule has 0 amide bonds. The van der Waals surface area contributed by atoms with Crippen molar-refractivity contribution in [1.29, 1.82) is 0 Å². The van der Waals surface area contributed by atoms with Crippen LogP contribution >= 0.6 is 7.14 Å². The molecule has 0 unspecified atom stereocenters. The number of benzene rings is 1. The quantitative estimate of drug-likeness (QED) is 0.728. The Morgan fingerprint density at radius 2 is 1.67 bits per heavy atom. The van der Waals surface area contributed by atoms with Gasteiger partial charge >= 0.3 is 0 Å². The van der Waals surface area contributed by atoms with Crippen molar-refractivity contribution in [2.24, 2.45) is 4.99 Å². The normalized spacial score (nSPS) is 14.7. The fourth-order valence-corrected chi connectivity index (χ4v) is 3.83. The Morgan fingerprint density at radius 1 is 1.06 bits per heavy atom. The van der Waals surface area contributed by atoms with Crippen LogP contribution in [0, 0.1) is 20.8 Å². The maximum absolute atomic E-state index is 12.2. The van der Waals surface area contributed by atoms with Gasteiger partial charge in [0, 0.05) is 18.3 Å². The van der Waals surface area contributed by atoms with Crippen molar-refractivity contribution in [3.8, 4) is 0 Å². The molecule has 98 valence electrons. The Labute approximate surface area is 110 Å². The maximum atomic E-state index is 12.2. The summed E-state index contributed by atoms with van der Waals surface area (Å²) in [4.78, 5) is 4.69. The van der Waals surface area contributed by atoms with E-state index in [0.29, 0.717) is 6.16 Å². The topological polar surface area (TPSA) is 29.4 Å². The van der Waals surface area contributed by atoms with E-state index in [-0.39, 0.29) is 0 Å². The molecule has 0 spiro atoms. The third kappa shape index (κ3) is 2.31. The van der Waals surface area contributed by atoms with E-state index in [1.165, 1.54) is 33.5 Å². The molecule has 0 saturated heterocycles. The van der Waals surface area contributed by atoms with Crippen LogP contribution in [0.3, 0.4) is 0 Å². The monoisotopic (exact) mass is 263 g/mol. The predicted molar refractivity (Wildman–Crippen MR) is 80.3 cm³/mol. The highest BCUT2D eigenvalue weighted by Gasteiger charge is 2.24. The molecule has 2 nitrogen and oxygen atoms in total.